The first-order valence-corrected chi connectivity index (χ1v) is 9.98. The monoisotopic (exact) mass is 373 g/mol. The van der Waals surface area contributed by atoms with E-state index in [-0.39, 0.29) is 0 Å². The minimum Gasteiger partial charge on any atom is -0.371 e. The number of nitrogens with two attached hydrogens (primary N) is 1. The molecule has 2 aromatic carbocycles. The lowest BCUT2D eigenvalue weighted by Gasteiger charge is -2.12. The van der Waals surface area contributed by atoms with Gasteiger partial charge in [0.1, 0.15) is 11.3 Å². The summed E-state index contributed by atoms with van der Waals surface area (Å²) >= 11 is 0. The molecule has 0 saturated carbocycles. The lowest BCUT2D eigenvalue weighted by molar-refractivity contribution is 0.690. The average molecular weight is 374 g/mol. The summed E-state index contributed by atoms with van der Waals surface area (Å²) in [7, 11) is 1.91. The van der Waals surface area contributed by atoms with Crippen molar-refractivity contribution in [1.29, 1.82) is 0 Å². The average Bonchev–Trinajstić information content (AvgIpc) is 3.10. The van der Waals surface area contributed by atoms with Crippen LogP contribution in [0, 0.1) is 0 Å². The largest absolute Gasteiger partial charge is 0.371 e. The minimum atomic E-state index is 0.567. The van der Waals surface area contributed by atoms with E-state index in [1.54, 1.807) is 0 Å². The topological polar surface area (TPSA) is 68.8 Å². The maximum absolute atomic E-state index is 5.75. The zero-order valence-electron chi connectivity index (χ0n) is 16.6. The standard InChI is InChI=1S/C23H27N5/c1-3-4-9-20-27-21-22(18-7-5-6-8-19(18)26-23(21)25-2)28(20)15-17-12-10-16(14-24)11-13-17/h5-8,10-13H,3-4,9,14-15,24H2,1-2H3,(H,25,26). The van der Waals surface area contributed by atoms with Gasteiger partial charge in [-0.1, -0.05) is 55.8 Å². The van der Waals surface area contributed by atoms with Crippen molar-refractivity contribution in [3.05, 3.63) is 65.5 Å². The van der Waals surface area contributed by atoms with Crippen molar-refractivity contribution in [2.45, 2.75) is 39.3 Å². The highest BCUT2D eigenvalue weighted by Gasteiger charge is 2.18. The number of nitrogens with zero attached hydrogens (tertiary/aromatic N) is 3. The van der Waals surface area contributed by atoms with Gasteiger partial charge in [0.05, 0.1) is 11.0 Å². The number of aryl methyl sites for hydroxylation is 1. The summed E-state index contributed by atoms with van der Waals surface area (Å²) in [4.78, 5) is 9.80. The Morgan fingerprint density at radius 3 is 2.46 bits per heavy atom. The molecule has 2 heterocycles. The molecule has 0 aliphatic rings. The highest BCUT2D eigenvalue weighted by molar-refractivity contribution is 6.07. The normalized spacial score (nSPS) is 11.4. The van der Waals surface area contributed by atoms with E-state index in [9.17, 15) is 0 Å². The van der Waals surface area contributed by atoms with Gasteiger partial charge in [-0.2, -0.15) is 0 Å². The Morgan fingerprint density at radius 1 is 1.00 bits per heavy atom. The fraction of sp³-hybridized carbons (Fsp3) is 0.304. The fourth-order valence-electron chi connectivity index (χ4n) is 3.72. The van der Waals surface area contributed by atoms with Gasteiger partial charge in [0.2, 0.25) is 0 Å². The van der Waals surface area contributed by atoms with Gasteiger partial charge in [0.25, 0.3) is 0 Å². The molecule has 5 heteroatoms. The van der Waals surface area contributed by atoms with E-state index in [0.29, 0.717) is 6.54 Å². The zero-order chi connectivity index (χ0) is 19.5. The summed E-state index contributed by atoms with van der Waals surface area (Å²) < 4.78 is 2.37. The molecular weight excluding hydrogens is 346 g/mol. The second kappa shape index (κ2) is 7.98. The van der Waals surface area contributed by atoms with Gasteiger partial charge < -0.3 is 15.6 Å². The third-order valence-electron chi connectivity index (χ3n) is 5.25. The second-order valence-corrected chi connectivity index (χ2v) is 7.16. The highest BCUT2D eigenvalue weighted by Crippen LogP contribution is 2.31. The van der Waals surface area contributed by atoms with Gasteiger partial charge in [-0.05, 0) is 23.6 Å². The van der Waals surface area contributed by atoms with Crippen molar-refractivity contribution < 1.29 is 0 Å². The number of aromatic nitrogens is 3. The van der Waals surface area contributed by atoms with Crippen molar-refractivity contribution in [3.8, 4) is 0 Å². The molecule has 28 heavy (non-hydrogen) atoms. The van der Waals surface area contributed by atoms with E-state index in [1.807, 2.05) is 13.1 Å². The van der Waals surface area contributed by atoms with Gasteiger partial charge in [-0.3, -0.25) is 0 Å². The summed E-state index contributed by atoms with van der Waals surface area (Å²) in [6.07, 6.45) is 3.23. The minimum absolute atomic E-state index is 0.567. The van der Waals surface area contributed by atoms with Crippen LogP contribution in [0.15, 0.2) is 48.5 Å². The molecule has 3 N–H and O–H groups in total. The maximum Gasteiger partial charge on any atom is 0.154 e. The molecule has 0 radical (unpaired) electrons. The van der Waals surface area contributed by atoms with Gasteiger partial charge in [0, 0.05) is 31.9 Å². The summed E-state index contributed by atoms with van der Waals surface area (Å²) in [5.74, 6) is 1.96. The van der Waals surface area contributed by atoms with Crippen molar-refractivity contribution in [3.63, 3.8) is 0 Å². The predicted molar refractivity (Wildman–Crippen MR) is 117 cm³/mol. The third-order valence-corrected chi connectivity index (χ3v) is 5.25. The molecule has 0 bridgehead atoms. The molecule has 4 aromatic rings. The van der Waals surface area contributed by atoms with E-state index >= 15 is 0 Å². The molecule has 0 aliphatic heterocycles. The first-order valence-electron chi connectivity index (χ1n) is 9.98. The van der Waals surface area contributed by atoms with Crippen LogP contribution >= 0.6 is 0 Å². The number of nitrogens with one attached hydrogen (secondary N) is 1. The van der Waals surface area contributed by atoms with Crippen molar-refractivity contribution in [2.24, 2.45) is 5.73 Å². The molecule has 4 rings (SSSR count). The van der Waals surface area contributed by atoms with Crippen LogP contribution in [0.5, 0.6) is 0 Å². The smallest absolute Gasteiger partial charge is 0.154 e. The predicted octanol–water partition coefficient (Wildman–Crippen LogP) is 4.48. The van der Waals surface area contributed by atoms with E-state index < -0.39 is 0 Å². The van der Waals surface area contributed by atoms with Gasteiger partial charge >= 0.3 is 0 Å². The Kier molecular flexibility index (Phi) is 5.26. The SMILES string of the molecule is CCCCc1nc2c(NC)nc3ccccc3c2n1Cc1ccc(CN)cc1. The Bertz CT molecular complexity index is 1100. The second-order valence-electron chi connectivity index (χ2n) is 7.16. The van der Waals surface area contributed by atoms with E-state index in [0.717, 1.165) is 64.9 Å². The maximum atomic E-state index is 5.75. The Balaban J connectivity index is 1.93. The number of benzene rings is 2. The summed E-state index contributed by atoms with van der Waals surface area (Å²) in [5.41, 5.74) is 11.2. The molecule has 0 amide bonds. The Labute approximate surface area is 165 Å². The summed E-state index contributed by atoms with van der Waals surface area (Å²) in [6.45, 7) is 3.57. The Hall–Kier alpha value is -2.92. The zero-order valence-corrected chi connectivity index (χ0v) is 16.6. The molecule has 0 spiro atoms. The number of hydrogen-bond donors (Lipinski definition) is 2. The molecule has 0 aliphatic carbocycles. The van der Waals surface area contributed by atoms with Crippen LogP contribution in [-0.2, 0) is 19.5 Å². The van der Waals surface area contributed by atoms with E-state index in [1.165, 1.54) is 5.56 Å². The van der Waals surface area contributed by atoms with Gasteiger partial charge in [0.15, 0.2) is 5.82 Å². The molecule has 0 saturated heterocycles. The molecule has 0 atom stereocenters. The van der Waals surface area contributed by atoms with Gasteiger partial charge in [-0.15, -0.1) is 0 Å². The van der Waals surface area contributed by atoms with Crippen LogP contribution in [0.2, 0.25) is 0 Å². The number of hydrogen-bond acceptors (Lipinski definition) is 4. The fourth-order valence-corrected chi connectivity index (χ4v) is 3.72. The molecule has 2 aromatic heterocycles. The summed E-state index contributed by atoms with van der Waals surface area (Å²) in [6, 6.07) is 16.9. The van der Waals surface area contributed by atoms with Crippen LogP contribution in [0.1, 0.15) is 36.7 Å². The summed E-state index contributed by atoms with van der Waals surface area (Å²) in [5, 5.41) is 4.38. The number of unbranched alkanes of at least 4 members (excludes halogenated alkanes) is 1. The number of rotatable bonds is 7. The van der Waals surface area contributed by atoms with Crippen LogP contribution in [-0.4, -0.2) is 21.6 Å². The number of fused-ring (bicyclic) bond motifs is 3. The van der Waals surface area contributed by atoms with Crippen LogP contribution < -0.4 is 11.1 Å². The van der Waals surface area contributed by atoms with Crippen molar-refractivity contribution >= 4 is 27.8 Å². The lowest BCUT2D eigenvalue weighted by Crippen LogP contribution is -2.06. The molecule has 5 nitrogen and oxygen atoms in total. The number of para-hydroxylation sites is 1. The number of pyridine rings is 1. The van der Waals surface area contributed by atoms with Crippen molar-refractivity contribution in [2.75, 3.05) is 12.4 Å². The molecule has 144 valence electrons. The van der Waals surface area contributed by atoms with Crippen LogP contribution in [0.25, 0.3) is 21.9 Å². The molecule has 0 fully saturated rings. The quantitative estimate of drug-likeness (QED) is 0.501. The molecular formula is C23H27N5. The van der Waals surface area contributed by atoms with Gasteiger partial charge in [-0.25, -0.2) is 9.97 Å². The number of imidazole rings is 1. The highest BCUT2D eigenvalue weighted by atomic mass is 15.1. The van der Waals surface area contributed by atoms with Crippen LogP contribution in [0.3, 0.4) is 0 Å². The van der Waals surface area contributed by atoms with Crippen LogP contribution in [0.4, 0.5) is 5.82 Å². The third kappa shape index (κ3) is 3.34. The Morgan fingerprint density at radius 2 is 1.75 bits per heavy atom. The number of anilines is 1. The van der Waals surface area contributed by atoms with Crippen molar-refractivity contribution in [1.82, 2.24) is 14.5 Å². The van der Waals surface area contributed by atoms with E-state index in [4.69, 9.17) is 15.7 Å². The first kappa shape index (κ1) is 18.4. The first-order chi connectivity index (χ1) is 13.7. The molecule has 0 unspecified atom stereocenters. The van der Waals surface area contributed by atoms with E-state index in [2.05, 4.69) is 59.3 Å². The lowest BCUT2D eigenvalue weighted by atomic mass is 10.1.